The Morgan fingerprint density at radius 1 is 1.36 bits per heavy atom. The van der Waals surface area contributed by atoms with Crippen LogP contribution in [0.15, 0.2) is 30.3 Å². The van der Waals surface area contributed by atoms with Crippen LogP contribution in [0.2, 0.25) is 0 Å². The molecule has 2 atom stereocenters. The van der Waals surface area contributed by atoms with Crippen molar-refractivity contribution in [3.8, 4) is 0 Å². The van der Waals surface area contributed by atoms with E-state index in [1.807, 2.05) is 0 Å². The lowest BCUT2D eigenvalue weighted by atomic mass is 10.0. The third-order valence-electron chi connectivity index (χ3n) is 3.93. The zero-order chi connectivity index (χ0) is 21.1. The van der Waals surface area contributed by atoms with Crippen LogP contribution in [0.3, 0.4) is 0 Å². The second kappa shape index (κ2) is 8.35. The smallest absolute Gasteiger partial charge is 0.394 e. The van der Waals surface area contributed by atoms with Gasteiger partial charge in [0.05, 0.1) is 17.6 Å². The maximum atomic E-state index is 12.7. The van der Waals surface area contributed by atoms with Gasteiger partial charge in [0.2, 0.25) is 5.91 Å². The molecule has 0 saturated heterocycles. The van der Waals surface area contributed by atoms with Crippen LogP contribution in [0.1, 0.15) is 23.1 Å². The van der Waals surface area contributed by atoms with Crippen LogP contribution < -0.4 is 5.32 Å². The summed E-state index contributed by atoms with van der Waals surface area (Å²) in [6.07, 6.45) is -6.04. The summed E-state index contributed by atoms with van der Waals surface area (Å²) in [5, 5.41) is 36.0. The van der Waals surface area contributed by atoms with Gasteiger partial charge in [0.25, 0.3) is 5.69 Å². The van der Waals surface area contributed by atoms with E-state index < -0.39 is 48.0 Å². The number of hydrogen-bond donors (Lipinski definition) is 3. The number of carbonyl (C=O) groups is 1. The Balaban J connectivity index is 2.06. The van der Waals surface area contributed by atoms with Crippen molar-refractivity contribution in [1.29, 1.82) is 0 Å². The van der Waals surface area contributed by atoms with Gasteiger partial charge in [-0.3, -0.25) is 19.6 Å². The van der Waals surface area contributed by atoms with Gasteiger partial charge in [-0.1, -0.05) is 0 Å². The number of aryl methyl sites for hydroxylation is 1. The zero-order valence-corrected chi connectivity index (χ0v) is 14.6. The molecule has 1 aromatic heterocycles. The summed E-state index contributed by atoms with van der Waals surface area (Å²) in [5.41, 5.74) is -1.02. The monoisotopic (exact) mass is 402 g/mol. The number of halogens is 3. The number of rotatable bonds is 7. The summed E-state index contributed by atoms with van der Waals surface area (Å²) in [5.74, 6) is -0.778. The number of amides is 1. The van der Waals surface area contributed by atoms with Crippen molar-refractivity contribution in [1.82, 2.24) is 15.1 Å². The minimum atomic E-state index is -4.65. The number of nitro benzene ring substituents is 1. The predicted molar refractivity (Wildman–Crippen MR) is 89.0 cm³/mol. The summed E-state index contributed by atoms with van der Waals surface area (Å²) in [7, 11) is 0. The van der Waals surface area contributed by atoms with E-state index in [2.05, 4.69) is 10.4 Å². The van der Waals surface area contributed by atoms with Gasteiger partial charge in [-0.15, -0.1) is 0 Å². The van der Waals surface area contributed by atoms with E-state index in [1.54, 1.807) is 0 Å². The quantitative estimate of drug-likeness (QED) is 0.473. The lowest BCUT2D eigenvalue weighted by Gasteiger charge is -2.22. The van der Waals surface area contributed by atoms with E-state index in [0.29, 0.717) is 0 Å². The summed E-state index contributed by atoms with van der Waals surface area (Å²) in [4.78, 5) is 22.1. The van der Waals surface area contributed by atoms with Gasteiger partial charge < -0.3 is 15.5 Å². The fourth-order valence-corrected chi connectivity index (χ4v) is 2.45. The number of benzene rings is 1. The minimum absolute atomic E-state index is 0.110. The fourth-order valence-electron chi connectivity index (χ4n) is 2.45. The average Bonchev–Trinajstić information content (AvgIpc) is 3.00. The maximum absolute atomic E-state index is 12.7. The SMILES string of the molecule is Cc1cc(C(F)(F)F)nn1CC(=O)NC(CO)C(O)c1ccc([N+](=O)[O-])cc1. The Hall–Kier alpha value is -2.99. The molecule has 0 bridgehead atoms. The second-order valence-corrected chi connectivity index (χ2v) is 5.98. The maximum Gasteiger partial charge on any atom is 0.435 e. The molecule has 0 aliphatic heterocycles. The number of non-ortho nitro benzene ring substituents is 1. The van der Waals surface area contributed by atoms with Crippen molar-refractivity contribution >= 4 is 11.6 Å². The number of hydrogen-bond acceptors (Lipinski definition) is 6. The minimum Gasteiger partial charge on any atom is -0.394 e. The summed E-state index contributed by atoms with van der Waals surface area (Å²) in [6, 6.07) is 4.46. The molecule has 28 heavy (non-hydrogen) atoms. The number of nitrogens with one attached hydrogen (secondary N) is 1. The summed E-state index contributed by atoms with van der Waals surface area (Å²) in [6.45, 7) is 0.131. The van der Waals surface area contributed by atoms with E-state index in [-0.39, 0.29) is 16.9 Å². The highest BCUT2D eigenvalue weighted by Crippen LogP contribution is 2.28. The molecule has 2 aromatic rings. The van der Waals surface area contributed by atoms with Gasteiger partial charge in [-0.25, -0.2) is 0 Å². The van der Waals surface area contributed by atoms with E-state index in [9.17, 15) is 38.3 Å². The van der Waals surface area contributed by atoms with Gasteiger partial charge in [0, 0.05) is 17.8 Å². The highest BCUT2D eigenvalue weighted by atomic mass is 19.4. The van der Waals surface area contributed by atoms with Crippen LogP contribution in [0.5, 0.6) is 0 Å². The van der Waals surface area contributed by atoms with Gasteiger partial charge in [0.1, 0.15) is 12.6 Å². The van der Waals surface area contributed by atoms with Gasteiger partial charge in [0.15, 0.2) is 5.69 Å². The van der Waals surface area contributed by atoms with Gasteiger partial charge >= 0.3 is 6.18 Å². The summed E-state index contributed by atoms with van der Waals surface area (Å²) >= 11 is 0. The number of aliphatic hydroxyl groups excluding tert-OH is 2. The number of aromatic nitrogens is 2. The number of aliphatic hydroxyl groups is 2. The van der Waals surface area contributed by atoms with Crippen LogP contribution >= 0.6 is 0 Å². The molecule has 2 rings (SSSR count). The van der Waals surface area contributed by atoms with Crippen molar-refractivity contribution in [2.75, 3.05) is 6.61 Å². The molecule has 0 radical (unpaired) electrons. The second-order valence-electron chi connectivity index (χ2n) is 5.98. The molecule has 1 amide bonds. The Morgan fingerprint density at radius 3 is 2.43 bits per heavy atom. The molecule has 1 aromatic carbocycles. The first-order chi connectivity index (χ1) is 13.0. The topological polar surface area (TPSA) is 131 Å². The van der Waals surface area contributed by atoms with Crippen LogP contribution in [0, 0.1) is 17.0 Å². The molecule has 0 fully saturated rings. The molecule has 1 heterocycles. The number of alkyl halides is 3. The van der Waals surface area contributed by atoms with Crippen LogP contribution in [-0.2, 0) is 17.5 Å². The van der Waals surface area contributed by atoms with Crippen molar-refractivity contribution in [2.24, 2.45) is 0 Å². The van der Waals surface area contributed by atoms with Crippen molar-refractivity contribution in [3.63, 3.8) is 0 Å². The molecule has 0 spiro atoms. The first-order valence-corrected chi connectivity index (χ1v) is 7.97. The normalized spacial score (nSPS) is 13.8. The third-order valence-corrected chi connectivity index (χ3v) is 3.93. The van der Waals surface area contributed by atoms with Crippen LogP contribution in [-0.4, -0.2) is 43.5 Å². The van der Waals surface area contributed by atoms with Crippen molar-refractivity contribution < 1.29 is 33.1 Å². The third kappa shape index (κ3) is 5.04. The number of nitro groups is 1. The fraction of sp³-hybridized carbons (Fsp3) is 0.375. The molecule has 152 valence electrons. The Morgan fingerprint density at radius 2 is 1.96 bits per heavy atom. The molecule has 12 heteroatoms. The summed E-state index contributed by atoms with van der Waals surface area (Å²) < 4.78 is 38.9. The molecule has 3 N–H and O–H groups in total. The van der Waals surface area contributed by atoms with E-state index in [1.165, 1.54) is 19.1 Å². The zero-order valence-electron chi connectivity index (χ0n) is 14.6. The van der Waals surface area contributed by atoms with Gasteiger partial charge in [-0.05, 0) is 30.7 Å². The Kier molecular flexibility index (Phi) is 6.36. The van der Waals surface area contributed by atoms with Crippen LogP contribution in [0.25, 0.3) is 0 Å². The lowest BCUT2D eigenvalue weighted by molar-refractivity contribution is -0.384. The number of carbonyl (C=O) groups excluding carboxylic acids is 1. The van der Waals surface area contributed by atoms with E-state index in [0.717, 1.165) is 22.9 Å². The molecule has 0 aliphatic rings. The van der Waals surface area contributed by atoms with Crippen LogP contribution in [0.4, 0.5) is 18.9 Å². The molecule has 0 aliphatic carbocycles. The highest BCUT2D eigenvalue weighted by molar-refractivity contribution is 5.76. The standard InChI is InChI=1S/C16H17F3N4O5/c1-9-6-13(16(17,18)19)21-22(9)7-14(25)20-12(8-24)15(26)10-2-4-11(5-3-10)23(27)28/h2-6,12,15,24,26H,7-8H2,1H3,(H,20,25). The predicted octanol–water partition coefficient (Wildman–Crippen LogP) is 1.33. The average molecular weight is 402 g/mol. The molecule has 2 unspecified atom stereocenters. The van der Waals surface area contributed by atoms with E-state index in [4.69, 9.17) is 0 Å². The lowest BCUT2D eigenvalue weighted by Crippen LogP contribution is -2.43. The number of nitrogens with zero attached hydrogens (tertiary/aromatic N) is 3. The van der Waals surface area contributed by atoms with E-state index >= 15 is 0 Å². The Bertz CT molecular complexity index is 851. The van der Waals surface area contributed by atoms with Crippen molar-refractivity contribution in [2.45, 2.75) is 31.8 Å². The molecule has 9 nitrogen and oxygen atoms in total. The first kappa shape index (κ1) is 21.3. The Labute approximate surface area is 156 Å². The largest absolute Gasteiger partial charge is 0.435 e. The highest BCUT2D eigenvalue weighted by Gasteiger charge is 2.34. The van der Waals surface area contributed by atoms with Crippen molar-refractivity contribution in [3.05, 3.63) is 57.4 Å². The first-order valence-electron chi connectivity index (χ1n) is 7.97. The van der Waals surface area contributed by atoms with Gasteiger partial charge in [-0.2, -0.15) is 18.3 Å². The molecule has 0 saturated carbocycles. The molecular weight excluding hydrogens is 385 g/mol. The molecular formula is C16H17F3N4O5.